The standard InChI is InChI=1S/C12H20N2.C10H15N2.C2H6.K/c1-2-14-10-8-12-5-3-11(4-6-12)7-9-13;1-12-8-10-4-2-9(3-5-10)6-7-11;1-2;/h3-6,14H,2,7-10,13H2,1H3;2-5,12H,1,6-8,11H2;1-2H3;/q;-1;;+1. The summed E-state index contributed by atoms with van der Waals surface area (Å²) in [5.41, 5.74) is 16.2. The molecule has 29 heavy (non-hydrogen) atoms. The minimum Gasteiger partial charge on any atom is -0.469 e. The Morgan fingerprint density at radius 3 is 1.45 bits per heavy atom. The third-order valence-electron chi connectivity index (χ3n) is 4.08. The van der Waals surface area contributed by atoms with Gasteiger partial charge in [-0.1, -0.05) is 69.3 Å². The molecule has 0 saturated carbocycles. The molecule has 0 aliphatic rings. The zero-order chi connectivity index (χ0) is 21.0. The van der Waals surface area contributed by atoms with Gasteiger partial charge in [-0.25, -0.2) is 0 Å². The Hall–Kier alpha value is -0.0836. The molecule has 0 spiro atoms. The van der Waals surface area contributed by atoms with Gasteiger partial charge in [0.05, 0.1) is 0 Å². The molecule has 0 atom stereocenters. The number of nitrogens with one attached hydrogen (secondary N) is 2. The quantitative estimate of drug-likeness (QED) is 0.254. The third kappa shape index (κ3) is 16.3. The van der Waals surface area contributed by atoms with E-state index >= 15 is 0 Å². The smallest absolute Gasteiger partial charge is 0.469 e. The van der Waals surface area contributed by atoms with Gasteiger partial charge in [-0.2, -0.15) is 0 Å². The van der Waals surface area contributed by atoms with E-state index in [1.165, 1.54) is 22.3 Å². The summed E-state index contributed by atoms with van der Waals surface area (Å²) >= 11 is 0. The SMILES string of the molecule is CC.CCNCCc1ccc(CCN)cc1.[CH2-]NCc1ccc(CCN)cc1.[K+]. The molecule has 0 fully saturated rings. The maximum absolute atomic E-state index is 5.49. The van der Waals surface area contributed by atoms with Crippen molar-refractivity contribution >= 4 is 0 Å². The van der Waals surface area contributed by atoms with Crippen molar-refractivity contribution in [3.05, 3.63) is 77.8 Å². The average molecular weight is 425 g/mol. The molecule has 0 amide bonds. The summed E-state index contributed by atoms with van der Waals surface area (Å²) in [5, 5.41) is 6.18. The van der Waals surface area contributed by atoms with Crippen molar-refractivity contribution in [2.45, 2.75) is 46.6 Å². The van der Waals surface area contributed by atoms with Crippen LogP contribution in [0.3, 0.4) is 0 Å². The van der Waals surface area contributed by atoms with Crippen LogP contribution in [-0.2, 0) is 25.8 Å². The number of hydrogen-bond acceptors (Lipinski definition) is 4. The summed E-state index contributed by atoms with van der Waals surface area (Å²) in [4.78, 5) is 0. The van der Waals surface area contributed by atoms with Gasteiger partial charge in [0, 0.05) is 0 Å². The van der Waals surface area contributed by atoms with Gasteiger partial charge in [0.2, 0.25) is 0 Å². The monoisotopic (exact) mass is 424 g/mol. The van der Waals surface area contributed by atoms with E-state index in [0.717, 1.165) is 45.4 Å². The Kier molecular flexibility index (Phi) is 24.2. The third-order valence-corrected chi connectivity index (χ3v) is 4.08. The summed E-state index contributed by atoms with van der Waals surface area (Å²) in [6, 6.07) is 17.2. The van der Waals surface area contributed by atoms with E-state index < -0.39 is 0 Å². The summed E-state index contributed by atoms with van der Waals surface area (Å²) in [6.07, 6.45) is 3.04. The maximum atomic E-state index is 5.49. The minimum atomic E-state index is 0. The molecule has 0 heterocycles. The fraction of sp³-hybridized carbons (Fsp3) is 0.458. The van der Waals surface area contributed by atoms with Gasteiger partial charge in [0.25, 0.3) is 0 Å². The fourth-order valence-corrected chi connectivity index (χ4v) is 2.58. The van der Waals surface area contributed by atoms with Crippen molar-refractivity contribution < 1.29 is 51.4 Å². The number of rotatable bonds is 10. The predicted octanol–water partition coefficient (Wildman–Crippen LogP) is 0.439. The Labute approximate surface area is 222 Å². The Morgan fingerprint density at radius 2 is 1.10 bits per heavy atom. The van der Waals surface area contributed by atoms with Crippen LogP contribution in [0.2, 0.25) is 0 Å². The van der Waals surface area contributed by atoms with Gasteiger partial charge < -0.3 is 22.1 Å². The van der Waals surface area contributed by atoms with Crippen LogP contribution in [-0.4, -0.2) is 26.2 Å². The molecule has 0 aliphatic carbocycles. The van der Waals surface area contributed by atoms with Crippen LogP contribution in [0.5, 0.6) is 0 Å². The molecule has 0 bridgehead atoms. The van der Waals surface area contributed by atoms with E-state index in [9.17, 15) is 0 Å². The van der Waals surface area contributed by atoms with Gasteiger partial charge in [0.15, 0.2) is 0 Å². The van der Waals surface area contributed by atoms with Crippen LogP contribution in [0, 0.1) is 7.05 Å². The Balaban J connectivity index is 0. The van der Waals surface area contributed by atoms with Crippen LogP contribution in [0.15, 0.2) is 48.5 Å². The molecule has 0 saturated heterocycles. The van der Waals surface area contributed by atoms with E-state index in [4.69, 9.17) is 11.5 Å². The molecule has 2 aromatic rings. The molecule has 5 heteroatoms. The topological polar surface area (TPSA) is 76.1 Å². The largest absolute Gasteiger partial charge is 1.00 e. The molecule has 0 unspecified atom stereocenters. The predicted molar refractivity (Wildman–Crippen MR) is 124 cm³/mol. The molecule has 6 N–H and O–H groups in total. The van der Waals surface area contributed by atoms with Gasteiger partial charge in [-0.3, -0.25) is 7.05 Å². The van der Waals surface area contributed by atoms with Crippen LogP contribution >= 0.6 is 0 Å². The maximum Gasteiger partial charge on any atom is 1.00 e. The van der Waals surface area contributed by atoms with E-state index in [0.29, 0.717) is 6.54 Å². The number of likely N-dealkylation sites (N-methyl/N-ethyl adjacent to an activating group) is 1. The Bertz CT molecular complexity index is 545. The van der Waals surface area contributed by atoms with Crippen LogP contribution < -0.4 is 73.5 Å². The van der Waals surface area contributed by atoms with Crippen molar-refractivity contribution in [2.24, 2.45) is 11.5 Å². The molecular weight excluding hydrogens is 383 g/mol. The Morgan fingerprint density at radius 1 is 0.724 bits per heavy atom. The van der Waals surface area contributed by atoms with E-state index in [2.05, 4.69) is 73.1 Å². The van der Waals surface area contributed by atoms with Crippen molar-refractivity contribution in [3.63, 3.8) is 0 Å². The second-order valence-electron chi connectivity index (χ2n) is 6.24. The average Bonchev–Trinajstić information content (AvgIpc) is 2.74. The summed E-state index contributed by atoms with van der Waals surface area (Å²) in [6.45, 7) is 10.5. The molecule has 2 rings (SSSR count). The molecule has 0 aromatic heterocycles. The van der Waals surface area contributed by atoms with Crippen molar-refractivity contribution in [2.75, 3.05) is 26.2 Å². The van der Waals surface area contributed by atoms with Crippen LogP contribution in [0.25, 0.3) is 0 Å². The van der Waals surface area contributed by atoms with Crippen LogP contribution in [0.4, 0.5) is 0 Å². The number of nitrogens with two attached hydrogens (primary N) is 2. The zero-order valence-corrected chi connectivity index (χ0v) is 22.3. The number of hydrogen-bond donors (Lipinski definition) is 4. The molecule has 158 valence electrons. The van der Waals surface area contributed by atoms with Gasteiger partial charge in [-0.05, 0) is 74.2 Å². The first-order valence-electron chi connectivity index (χ1n) is 10.5. The van der Waals surface area contributed by atoms with Crippen molar-refractivity contribution in [1.82, 2.24) is 10.6 Å². The van der Waals surface area contributed by atoms with Gasteiger partial charge in [-0.15, -0.1) is 0 Å². The second-order valence-corrected chi connectivity index (χ2v) is 6.24. The fourth-order valence-electron chi connectivity index (χ4n) is 2.58. The van der Waals surface area contributed by atoms with E-state index in [-0.39, 0.29) is 51.4 Å². The summed E-state index contributed by atoms with van der Waals surface area (Å²) < 4.78 is 0. The summed E-state index contributed by atoms with van der Waals surface area (Å²) in [7, 11) is 3.57. The molecular formula is C24H41KN4. The molecule has 0 radical (unpaired) electrons. The van der Waals surface area contributed by atoms with Crippen LogP contribution in [0.1, 0.15) is 43.0 Å². The summed E-state index contributed by atoms with van der Waals surface area (Å²) in [5.74, 6) is 0. The molecule has 0 aliphatic heterocycles. The van der Waals surface area contributed by atoms with Crippen molar-refractivity contribution in [3.8, 4) is 0 Å². The van der Waals surface area contributed by atoms with Gasteiger partial charge >= 0.3 is 51.4 Å². The van der Waals surface area contributed by atoms with Gasteiger partial charge in [0.1, 0.15) is 0 Å². The molecule has 2 aromatic carbocycles. The van der Waals surface area contributed by atoms with E-state index in [1.54, 1.807) is 0 Å². The zero-order valence-electron chi connectivity index (χ0n) is 19.1. The second kappa shape index (κ2) is 22.6. The molecule has 4 nitrogen and oxygen atoms in total. The van der Waals surface area contributed by atoms with E-state index in [1.807, 2.05) is 13.8 Å². The first-order valence-corrected chi connectivity index (χ1v) is 10.5. The first-order chi connectivity index (χ1) is 13.7. The van der Waals surface area contributed by atoms with Crippen molar-refractivity contribution in [1.29, 1.82) is 0 Å². The minimum absolute atomic E-state index is 0. The number of benzene rings is 2. The normalized spacial score (nSPS) is 9.45. The first kappa shape index (κ1) is 31.1.